The monoisotopic (exact) mass is 234 g/mol. The lowest BCUT2D eigenvalue weighted by Crippen LogP contribution is -2.29. The van der Waals surface area contributed by atoms with Crippen LogP contribution in [0.3, 0.4) is 0 Å². The highest BCUT2D eigenvalue weighted by Gasteiger charge is 2.32. The maximum absolute atomic E-state index is 6.06. The molecule has 1 unspecified atom stereocenters. The standard InChI is InChI=1S/C14H22N2O/c1-4-16-12(9-15)11-7-5-6-10-8-14(2,3)17-13(10)11/h5-7,12,16H,4,8-9,15H2,1-3H3. The van der Waals surface area contributed by atoms with Gasteiger partial charge in [0.25, 0.3) is 0 Å². The molecule has 0 aliphatic carbocycles. The largest absolute Gasteiger partial charge is 0.487 e. The van der Waals surface area contributed by atoms with E-state index in [-0.39, 0.29) is 11.6 Å². The van der Waals surface area contributed by atoms with Crippen LogP contribution >= 0.6 is 0 Å². The first-order valence-electron chi connectivity index (χ1n) is 6.31. The van der Waals surface area contributed by atoms with Crippen LogP contribution in [0.4, 0.5) is 0 Å². The quantitative estimate of drug-likeness (QED) is 0.837. The van der Waals surface area contributed by atoms with Crippen LogP contribution in [0.5, 0.6) is 5.75 Å². The van der Waals surface area contributed by atoms with Gasteiger partial charge in [0.05, 0.1) is 0 Å². The van der Waals surface area contributed by atoms with Crippen molar-refractivity contribution in [1.29, 1.82) is 0 Å². The molecule has 0 bridgehead atoms. The lowest BCUT2D eigenvalue weighted by molar-refractivity contribution is 0.136. The van der Waals surface area contributed by atoms with Crippen molar-refractivity contribution in [3.8, 4) is 5.75 Å². The van der Waals surface area contributed by atoms with Gasteiger partial charge in [0.2, 0.25) is 0 Å². The number of para-hydroxylation sites is 1. The summed E-state index contributed by atoms with van der Waals surface area (Å²) in [6.07, 6.45) is 0.972. The van der Waals surface area contributed by atoms with E-state index in [0.29, 0.717) is 6.54 Å². The molecule has 1 atom stereocenters. The second kappa shape index (κ2) is 4.67. The van der Waals surface area contributed by atoms with Gasteiger partial charge < -0.3 is 15.8 Å². The summed E-state index contributed by atoms with van der Waals surface area (Å²) in [4.78, 5) is 0. The summed E-state index contributed by atoms with van der Waals surface area (Å²) in [5.41, 5.74) is 8.23. The molecule has 0 aromatic heterocycles. The minimum Gasteiger partial charge on any atom is -0.487 e. The number of likely N-dealkylation sites (N-methyl/N-ethyl adjacent to an activating group) is 1. The third-order valence-electron chi connectivity index (χ3n) is 3.18. The predicted octanol–water partition coefficient (Wildman–Crippen LogP) is 2.01. The molecule has 0 radical (unpaired) electrons. The fourth-order valence-corrected chi connectivity index (χ4v) is 2.48. The second-order valence-electron chi connectivity index (χ2n) is 5.22. The van der Waals surface area contributed by atoms with E-state index in [0.717, 1.165) is 18.7 Å². The van der Waals surface area contributed by atoms with Crippen LogP contribution in [0, 0.1) is 0 Å². The smallest absolute Gasteiger partial charge is 0.128 e. The molecular weight excluding hydrogens is 212 g/mol. The molecule has 94 valence electrons. The van der Waals surface area contributed by atoms with Gasteiger partial charge in [-0.25, -0.2) is 0 Å². The number of hydrogen-bond acceptors (Lipinski definition) is 3. The van der Waals surface area contributed by atoms with E-state index in [1.807, 2.05) is 0 Å². The average molecular weight is 234 g/mol. The van der Waals surface area contributed by atoms with Gasteiger partial charge in [0.15, 0.2) is 0 Å². The summed E-state index contributed by atoms with van der Waals surface area (Å²) in [6, 6.07) is 6.54. The van der Waals surface area contributed by atoms with Crippen molar-refractivity contribution in [2.45, 2.75) is 38.8 Å². The summed E-state index contributed by atoms with van der Waals surface area (Å²) >= 11 is 0. The zero-order chi connectivity index (χ0) is 12.5. The Morgan fingerprint density at radius 1 is 1.47 bits per heavy atom. The lowest BCUT2D eigenvalue weighted by Gasteiger charge is -2.22. The van der Waals surface area contributed by atoms with Gasteiger partial charge in [-0.15, -0.1) is 0 Å². The Kier molecular flexibility index (Phi) is 3.40. The van der Waals surface area contributed by atoms with E-state index in [1.165, 1.54) is 11.1 Å². The van der Waals surface area contributed by atoms with Crippen molar-refractivity contribution in [3.63, 3.8) is 0 Å². The number of nitrogens with two attached hydrogens (primary N) is 1. The Bertz CT molecular complexity index is 401. The minimum absolute atomic E-state index is 0.0935. The van der Waals surface area contributed by atoms with Crippen molar-refractivity contribution in [2.75, 3.05) is 13.1 Å². The van der Waals surface area contributed by atoms with Gasteiger partial charge in [-0.3, -0.25) is 0 Å². The molecule has 0 saturated heterocycles. The number of nitrogens with one attached hydrogen (secondary N) is 1. The molecule has 3 N–H and O–H groups in total. The lowest BCUT2D eigenvalue weighted by atomic mass is 9.98. The highest BCUT2D eigenvalue weighted by Crippen LogP contribution is 2.39. The fourth-order valence-electron chi connectivity index (χ4n) is 2.48. The molecule has 1 aromatic carbocycles. The van der Waals surface area contributed by atoms with E-state index in [4.69, 9.17) is 10.5 Å². The molecule has 17 heavy (non-hydrogen) atoms. The molecule has 2 rings (SSSR count). The molecular formula is C14H22N2O. The molecule has 0 spiro atoms. The zero-order valence-electron chi connectivity index (χ0n) is 10.9. The zero-order valence-corrected chi connectivity index (χ0v) is 10.9. The average Bonchev–Trinajstić information content (AvgIpc) is 2.59. The maximum Gasteiger partial charge on any atom is 0.128 e. The Morgan fingerprint density at radius 2 is 2.24 bits per heavy atom. The molecule has 0 saturated carbocycles. The summed E-state index contributed by atoms with van der Waals surface area (Å²) < 4.78 is 6.06. The highest BCUT2D eigenvalue weighted by molar-refractivity contribution is 5.47. The predicted molar refractivity (Wildman–Crippen MR) is 70.3 cm³/mol. The molecule has 1 aromatic rings. The number of hydrogen-bond donors (Lipinski definition) is 2. The first-order chi connectivity index (χ1) is 8.07. The summed E-state index contributed by atoms with van der Waals surface area (Å²) in [6.45, 7) is 7.85. The van der Waals surface area contributed by atoms with E-state index in [9.17, 15) is 0 Å². The van der Waals surface area contributed by atoms with Gasteiger partial charge in [0.1, 0.15) is 11.4 Å². The van der Waals surface area contributed by atoms with Crippen LogP contribution in [-0.4, -0.2) is 18.7 Å². The molecule has 3 heteroatoms. The van der Waals surface area contributed by atoms with Crippen LogP contribution in [0.15, 0.2) is 18.2 Å². The third kappa shape index (κ3) is 2.45. The van der Waals surface area contributed by atoms with Crippen molar-refractivity contribution in [3.05, 3.63) is 29.3 Å². The van der Waals surface area contributed by atoms with Crippen LogP contribution in [0.1, 0.15) is 37.9 Å². The van der Waals surface area contributed by atoms with Crippen molar-refractivity contribution in [2.24, 2.45) is 5.73 Å². The van der Waals surface area contributed by atoms with Gasteiger partial charge in [-0.2, -0.15) is 0 Å². The maximum atomic E-state index is 6.06. The van der Waals surface area contributed by atoms with Gasteiger partial charge in [-0.1, -0.05) is 25.1 Å². The van der Waals surface area contributed by atoms with Crippen molar-refractivity contribution < 1.29 is 4.74 Å². The first kappa shape index (κ1) is 12.4. The molecule has 1 heterocycles. The molecule has 0 amide bonds. The van der Waals surface area contributed by atoms with Crippen molar-refractivity contribution >= 4 is 0 Å². The van der Waals surface area contributed by atoms with Crippen LogP contribution < -0.4 is 15.8 Å². The van der Waals surface area contributed by atoms with Crippen LogP contribution in [0.25, 0.3) is 0 Å². The topological polar surface area (TPSA) is 47.3 Å². The Morgan fingerprint density at radius 3 is 2.88 bits per heavy atom. The summed E-state index contributed by atoms with van der Waals surface area (Å²) in [5.74, 6) is 1.04. The van der Waals surface area contributed by atoms with E-state index in [2.05, 4.69) is 44.3 Å². The minimum atomic E-state index is -0.0935. The second-order valence-corrected chi connectivity index (χ2v) is 5.22. The first-order valence-corrected chi connectivity index (χ1v) is 6.31. The van der Waals surface area contributed by atoms with Crippen LogP contribution in [0.2, 0.25) is 0 Å². The Labute approximate surface area is 103 Å². The summed E-state index contributed by atoms with van der Waals surface area (Å²) in [7, 11) is 0. The molecule has 3 nitrogen and oxygen atoms in total. The van der Waals surface area contributed by atoms with E-state index >= 15 is 0 Å². The number of ether oxygens (including phenoxy) is 1. The highest BCUT2D eigenvalue weighted by atomic mass is 16.5. The third-order valence-corrected chi connectivity index (χ3v) is 3.18. The van der Waals surface area contributed by atoms with Gasteiger partial charge in [-0.05, 0) is 26.0 Å². The fraction of sp³-hybridized carbons (Fsp3) is 0.571. The van der Waals surface area contributed by atoms with Crippen molar-refractivity contribution in [1.82, 2.24) is 5.32 Å². The molecule has 1 aliphatic heterocycles. The van der Waals surface area contributed by atoms with Gasteiger partial charge in [0, 0.05) is 24.6 Å². The molecule has 1 aliphatic rings. The SMILES string of the molecule is CCNC(CN)c1cccc2c1OC(C)(C)C2. The summed E-state index contributed by atoms with van der Waals surface area (Å²) in [5, 5.41) is 3.40. The number of benzene rings is 1. The van der Waals surface area contributed by atoms with E-state index in [1.54, 1.807) is 0 Å². The number of fused-ring (bicyclic) bond motifs is 1. The Hall–Kier alpha value is -1.06. The Balaban J connectivity index is 2.34. The molecule has 0 fully saturated rings. The van der Waals surface area contributed by atoms with Crippen LogP contribution in [-0.2, 0) is 6.42 Å². The number of rotatable bonds is 4. The normalized spacial score (nSPS) is 18.6. The van der Waals surface area contributed by atoms with E-state index < -0.39 is 0 Å². The van der Waals surface area contributed by atoms with Gasteiger partial charge >= 0.3 is 0 Å².